The van der Waals surface area contributed by atoms with Crippen LogP contribution in [0.3, 0.4) is 0 Å². The number of carbonyl (C=O) groups is 1. The van der Waals surface area contributed by atoms with Gasteiger partial charge in [-0.25, -0.2) is 21.6 Å². The van der Waals surface area contributed by atoms with E-state index in [1.165, 1.54) is 29.4 Å². The Kier molecular flexibility index (Phi) is 7.15. The summed E-state index contributed by atoms with van der Waals surface area (Å²) in [5.74, 6) is 0.288. The van der Waals surface area contributed by atoms with Crippen LogP contribution >= 0.6 is 0 Å². The van der Waals surface area contributed by atoms with Crippen molar-refractivity contribution >= 4 is 21.8 Å². The van der Waals surface area contributed by atoms with Crippen molar-refractivity contribution in [3.8, 4) is 11.3 Å². The number of hydrogen-bond acceptors (Lipinski definition) is 7. The first-order valence-electron chi connectivity index (χ1n) is 12.9. The highest BCUT2D eigenvalue weighted by Crippen LogP contribution is 2.34. The average molecular weight is 557 g/mol. The molecule has 208 valence electrons. The van der Waals surface area contributed by atoms with Crippen LogP contribution in [0.15, 0.2) is 59.9 Å². The molecule has 5 rings (SSSR count). The molecule has 0 aliphatic carbocycles. The molecule has 2 saturated heterocycles. The van der Waals surface area contributed by atoms with E-state index in [1.54, 1.807) is 58.3 Å². The Balaban J connectivity index is 1.50. The molecule has 0 bridgehead atoms. The van der Waals surface area contributed by atoms with E-state index < -0.39 is 27.5 Å². The molecule has 2 unspecified atom stereocenters. The van der Waals surface area contributed by atoms with E-state index in [-0.39, 0.29) is 22.7 Å². The minimum absolute atomic E-state index is 0.00598. The Hall–Kier alpha value is -3.44. The number of aromatic nitrogens is 2. The highest BCUT2D eigenvalue weighted by Gasteiger charge is 2.37. The lowest BCUT2D eigenvalue weighted by atomic mass is 10.0. The molecule has 0 spiro atoms. The third-order valence-corrected chi connectivity index (χ3v) is 8.62. The van der Waals surface area contributed by atoms with Crippen LogP contribution in [-0.4, -0.2) is 67.3 Å². The van der Waals surface area contributed by atoms with Gasteiger partial charge >= 0.3 is 6.09 Å². The predicted octanol–water partition coefficient (Wildman–Crippen LogP) is 4.38. The van der Waals surface area contributed by atoms with Crippen molar-refractivity contribution in [3.63, 3.8) is 0 Å². The summed E-state index contributed by atoms with van der Waals surface area (Å²) in [6.45, 7) is 8.34. The summed E-state index contributed by atoms with van der Waals surface area (Å²) in [6, 6.07) is 9.18. The summed E-state index contributed by atoms with van der Waals surface area (Å²) < 4.78 is 54.9. The van der Waals surface area contributed by atoms with E-state index in [1.807, 2.05) is 0 Å². The van der Waals surface area contributed by atoms with E-state index >= 15 is 0 Å². The molecular formula is C28H33FN4O5S. The molecule has 2 atom stereocenters. The standard InChI is InChI=1S/C28H33FN4O5S/c1-28(2,3)38-27(34)31(4)13-19-9-26(24-7-5-6-8-25(24)29)33(14-19)39(35,36)23-10-22(11-30-12-23)32-15-20-17-37-18-21(20)16-32/h5-12,14,20-21H,13,15-18H2,1-4H3. The lowest BCUT2D eigenvalue weighted by Gasteiger charge is -2.24. The molecule has 11 heteroatoms. The van der Waals surface area contributed by atoms with Crippen LogP contribution < -0.4 is 4.90 Å². The normalized spacial score (nSPS) is 19.3. The zero-order chi connectivity index (χ0) is 27.9. The minimum atomic E-state index is -4.17. The molecule has 4 heterocycles. The molecule has 2 aliphatic heterocycles. The largest absolute Gasteiger partial charge is 0.444 e. The van der Waals surface area contributed by atoms with Crippen LogP contribution in [0.2, 0.25) is 0 Å². The number of benzene rings is 1. The fraction of sp³-hybridized carbons (Fsp3) is 0.429. The number of amides is 1. The number of pyridine rings is 1. The molecule has 1 aromatic carbocycles. The van der Waals surface area contributed by atoms with Gasteiger partial charge in [-0.2, -0.15) is 0 Å². The SMILES string of the molecule is CN(Cc1cc(-c2ccccc2F)n(S(=O)(=O)c2cncc(N3CC4COCC4C3)c2)c1)C(=O)OC(C)(C)C. The van der Waals surface area contributed by atoms with E-state index in [0.717, 1.165) is 22.7 Å². The van der Waals surface area contributed by atoms with Crippen molar-refractivity contribution in [2.45, 2.75) is 37.8 Å². The molecule has 2 aliphatic rings. The fourth-order valence-corrected chi connectivity index (χ4v) is 6.43. The predicted molar refractivity (Wildman–Crippen MR) is 144 cm³/mol. The van der Waals surface area contributed by atoms with Crippen LogP contribution in [-0.2, 0) is 26.0 Å². The van der Waals surface area contributed by atoms with Gasteiger partial charge in [0.2, 0.25) is 0 Å². The Morgan fingerprint density at radius 3 is 2.51 bits per heavy atom. The molecule has 0 saturated carbocycles. The van der Waals surface area contributed by atoms with Gasteiger partial charge < -0.3 is 19.3 Å². The molecule has 2 fully saturated rings. The van der Waals surface area contributed by atoms with Gasteiger partial charge in [-0.15, -0.1) is 0 Å². The first-order chi connectivity index (χ1) is 18.4. The smallest absolute Gasteiger partial charge is 0.410 e. The maximum Gasteiger partial charge on any atom is 0.410 e. The van der Waals surface area contributed by atoms with Crippen molar-refractivity contribution in [1.82, 2.24) is 13.9 Å². The number of ether oxygens (including phenoxy) is 2. The summed E-state index contributed by atoms with van der Waals surface area (Å²) in [7, 11) is -2.61. The summed E-state index contributed by atoms with van der Waals surface area (Å²) in [6.07, 6.45) is 3.83. The lowest BCUT2D eigenvalue weighted by molar-refractivity contribution is 0.0285. The van der Waals surface area contributed by atoms with Crippen LogP contribution in [0.4, 0.5) is 14.9 Å². The second-order valence-electron chi connectivity index (χ2n) is 11.2. The number of halogens is 1. The van der Waals surface area contributed by atoms with Gasteiger partial charge in [0, 0.05) is 49.9 Å². The molecule has 3 aromatic rings. The Bertz CT molecular complexity index is 1470. The fourth-order valence-electron chi connectivity index (χ4n) is 5.06. The van der Waals surface area contributed by atoms with Crippen LogP contribution in [0, 0.1) is 17.7 Å². The number of anilines is 1. The molecule has 0 radical (unpaired) electrons. The van der Waals surface area contributed by atoms with Crippen molar-refractivity contribution in [2.75, 3.05) is 38.3 Å². The first-order valence-corrected chi connectivity index (χ1v) is 14.3. The molecule has 0 N–H and O–H groups in total. The second-order valence-corrected chi connectivity index (χ2v) is 13.0. The quantitative estimate of drug-likeness (QED) is 0.445. The molecule has 39 heavy (non-hydrogen) atoms. The Morgan fingerprint density at radius 2 is 1.85 bits per heavy atom. The van der Waals surface area contributed by atoms with Gasteiger partial charge in [0.15, 0.2) is 0 Å². The highest BCUT2D eigenvalue weighted by molar-refractivity contribution is 7.90. The summed E-state index contributed by atoms with van der Waals surface area (Å²) in [4.78, 5) is 20.2. The number of rotatable bonds is 6. The summed E-state index contributed by atoms with van der Waals surface area (Å²) in [5, 5.41) is 0. The number of nitrogens with zero attached hydrogens (tertiary/aromatic N) is 4. The Labute approximate surface area is 228 Å². The van der Waals surface area contributed by atoms with Gasteiger partial charge in [0.25, 0.3) is 10.0 Å². The zero-order valence-corrected chi connectivity index (χ0v) is 23.3. The second kappa shape index (κ2) is 10.3. The van der Waals surface area contributed by atoms with Crippen molar-refractivity contribution < 1.29 is 27.1 Å². The maximum absolute atomic E-state index is 14.9. The summed E-state index contributed by atoms with van der Waals surface area (Å²) in [5.41, 5.74) is 0.817. The third kappa shape index (κ3) is 5.65. The molecule has 1 amide bonds. The van der Waals surface area contributed by atoms with Gasteiger partial charge in [0.1, 0.15) is 16.3 Å². The van der Waals surface area contributed by atoms with E-state index in [0.29, 0.717) is 30.6 Å². The number of hydrogen-bond donors (Lipinski definition) is 0. The van der Waals surface area contributed by atoms with Crippen molar-refractivity contribution in [1.29, 1.82) is 0 Å². The molecular weight excluding hydrogens is 523 g/mol. The number of carbonyl (C=O) groups excluding carboxylic acids is 1. The monoisotopic (exact) mass is 556 g/mol. The molecule has 9 nitrogen and oxygen atoms in total. The van der Waals surface area contributed by atoms with E-state index in [9.17, 15) is 17.6 Å². The van der Waals surface area contributed by atoms with Crippen LogP contribution in [0.1, 0.15) is 26.3 Å². The van der Waals surface area contributed by atoms with Gasteiger partial charge in [-0.1, -0.05) is 12.1 Å². The summed E-state index contributed by atoms with van der Waals surface area (Å²) >= 11 is 0. The van der Waals surface area contributed by atoms with Crippen LogP contribution in [0.25, 0.3) is 11.3 Å². The maximum atomic E-state index is 14.9. The van der Waals surface area contributed by atoms with Crippen LogP contribution in [0.5, 0.6) is 0 Å². The highest BCUT2D eigenvalue weighted by atomic mass is 32.2. The van der Waals surface area contributed by atoms with E-state index in [2.05, 4.69) is 9.88 Å². The number of fused-ring (bicyclic) bond motifs is 1. The van der Waals surface area contributed by atoms with Crippen molar-refractivity contribution in [2.24, 2.45) is 11.8 Å². The topological polar surface area (TPSA) is 94.0 Å². The average Bonchev–Trinajstić information content (AvgIpc) is 3.59. The van der Waals surface area contributed by atoms with Gasteiger partial charge in [0.05, 0.1) is 37.3 Å². The third-order valence-electron chi connectivity index (χ3n) is 6.98. The Morgan fingerprint density at radius 1 is 1.15 bits per heavy atom. The lowest BCUT2D eigenvalue weighted by Crippen LogP contribution is -2.33. The van der Waals surface area contributed by atoms with Crippen molar-refractivity contribution in [3.05, 3.63) is 66.4 Å². The molecule has 2 aromatic heterocycles. The van der Waals surface area contributed by atoms with Gasteiger partial charge in [-0.05, 0) is 50.6 Å². The first kappa shape index (κ1) is 27.1. The zero-order valence-electron chi connectivity index (χ0n) is 22.5. The van der Waals surface area contributed by atoms with Gasteiger partial charge in [-0.3, -0.25) is 4.98 Å². The van der Waals surface area contributed by atoms with E-state index in [4.69, 9.17) is 9.47 Å². The minimum Gasteiger partial charge on any atom is -0.444 e.